The van der Waals surface area contributed by atoms with Gasteiger partial charge in [0.2, 0.25) is 5.96 Å². The summed E-state index contributed by atoms with van der Waals surface area (Å²) in [5.74, 6) is 6.01. The van der Waals surface area contributed by atoms with Crippen molar-refractivity contribution < 1.29 is 0 Å². The number of rotatable bonds is 3. The molecule has 0 radical (unpaired) electrons. The molecule has 5 nitrogen and oxygen atoms in total. The maximum atomic E-state index is 5.32. The van der Waals surface area contributed by atoms with Crippen LogP contribution in [-0.2, 0) is 6.42 Å². The van der Waals surface area contributed by atoms with Crippen molar-refractivity contribution in [2.45, 2.75) is 6.42 Å². The molecule has 0 bridgehead atoms. The molecule has 0 aromatic carbocycles. The molecule has 1 aromatic heterocycles. The molecule has 0 aliphatic heterocycles. The van der Waals surface area contributed by atoms with E-state index in [1.54, 1.807) is 19.4 Å². The van der Waals surface area contributed by atoms with Crippen molar-refractivity contribution in [2.24, 2.45) is 10.8 Å². The number of nitrogens with two attached hydrogens (primary N) is 1. The second-order valence-electron chi connectivity index (χ2n) is 3.22. The molecule has 3 N–H and O–H groups in total. The number of nitrogens with zero attached hydrogens (tertiary/aromatic N) is 3. The van der Waals surface area contributed by atoms with Gasteiger partial charge in [-0.1, -0.05) is 0 Å². The summed E-state index contributed by atoms with van der Waals surface area (Å²) in [7, 11) is 3.65. The first-order valence-electron chi connectivity index (χ1n) is 4.81. The topological polar surface area (TPSA) is 66.5 Å². The average molecular weight is 207 g/mol. The minimum absolute atomic E-state index is 0.684. The largest absolute Gasteiger partial charge is 0.345 e. The van der Waals surface area contributed by atoms with Crippen LogP contribution in [0.5, 0.6) is 0 Å². The van der Waals surface area contributed by atoms with E-state index in [9.17, 15) is 0 Å². The molecule has 0 saturated heterocycles. The molecular weight excluding hydrogens is 190 g/mol. The van der Waals surface area contributed by atoms with Gasteiger partial charge in [0, 0.05) is 33.0 Å². The lowest BCUT2D eigenvalue weighted by Gasteiger charge is -2.19. The monoisotopic (exact) mass is 207 g/mol. The van der Waals surface area contributed by atoms with Gasteiger partial charge in [-0.2, -0.15) is 0 Å². The van der Waals surface area contributed by atoms with E-state index in [0.717, 1.165) is 13.0 Å². The van der Waals surface area contributed by atoms with Gasteiger partial charge < -0.3 is 4.90 Å². The maximum absolute atomic E-state index is 5.32. The third kappa shape index (κ3) is 3.55. The van der Waals surface area contributed by atoms with Crippen LogP contribution in [0.25, 0.3) is 0 Å². The number of guanidine groups is 1. The summed E-state index contributed by atoms with van der Waals surface area (Å²) in [6.07, 6.45) is 4.54. The summed E-state index contributed by atoms with van der Waals surface area (Å²) in [6, 6.07) is 4.01. The number of pyridine rings is 1. The van der Waals surface area contributed by atoms with Crippen molar-refractivity contribution in [3.63, 3.8) is 0 Å². The van der Waals surface area contributed by atoms with Crippen molar-refractivity contribution in [1.82, 2.24) is 15.3 Å². The van der Waals surface area contributed by atoms with E-state index >= 15 is 0 Å². The first-order valence-corrected chi connectivity index (χ1v) is 4.81. The van der Waals surface area contributed by atoms with Crippen LogP contribution in [0.2, 0.25) is 0 Å². The van der Waals surface area contributed by atoms with Crippen LogP contribution in [0.3, 0.4) is 0 Å². The molecule has 1 aromatic rings. The molecule has 0 atom stereocenters. The minimum Gasteiger partial charge on any atom is -0.345 e. The molecule has 0 fully saturated rings. The van der Waals surface area contributed by atoms with Crippen LogP contribution >= 0.6 is 0 Å². The Morgan fingerprint density at radius 1 is 1.53 bits per heavy atom. The molecule has 82 valence electrons. The molecule has 0 aliphatic carbocycles. The van der Waals surface area contributed by atoms with E-state index in [0.29, 0.717) is 5.96 Å². The Morgan fingerprint density at radius 3 is 2.73 bits per heavy atom. The number of hydrogen-bond donors (Lipinski definition) is 2. The number of aliphatic imine (C=N–C) groups is 1. The fourth-order valence-corrected chi connectivity index (χ4v) is 1.30. The van der Waals surface area contributed by atoms with Crippen molar-refractivity contribution >= 4 is 5.96 Å². The Kier molecular flexibility index (Phi) is 4.56. The summed E-state index contributed by atoms with van der Waals surface area (Å²) >= 11 is 0. The molecule has 15 heavy (non-hydrogen) atoms. The smallest absolute Gasteiger partial charge is 0.207 e. The number of hydrogen-bond acceptors (Lipinski definition) is 3. The zero-order valence-corrected chi connectivity index (χ0v) is 9.14. The summed E-state index contributed by atoms with van der Waals surface area (Å²) in [6.45, 7) is 0.862. The van der Waals surface area contributed by atoms with Crippen molar-refractivity contribution in [1.29, 1.82) is 0 Å². The molecule has 0 unspecified atom stereocenters. The maximum Gasteiger partial charge on any atom is 0.207 e. The SMILES string of the molecule is CN=C(NN)N(C)CCc1ccncc1. The molecule has 0 aliphatic rings. The van der Waals surface area contributed by atoms with Gasteiger partial charge in [0.05, 0.1) is 0 Å². The van der Waals surface area contributed by atoms with Crippen LogP contribution in [0.1, 0.15) is 5.56 Å². The molecule has 0 amide bonds. The Hall–Kier alpha value is -1.62. The predicted molar refractivity (Wildman–Crippen MR) is 61.3 cm³/mol. The van der Waals surface area contributed by atoms with Gasteiger partial charge in [0.25, 0.3) is 0 Å². The van der Waals surface area contributed by atoms with Gasteiger partial charge in [0.1, 0.15) is 0 Å². The summed E-state index contributed by atoms with van der Waals surface area (Å²) in [4.78, 5) is 9.96. The van der Waals surface area contributed by atoms with E-state index in [1.165, 1.54) is 5.56 Å². The second-order valence-corrected chi connectivity index (χ2v) is 3.22. The van der Waals surface area contributed by atoms with E-state index in [1.807, 2.05) is 24.1 Å². The number of hydrazine groups is 1. The van der Waals surface area contributed by atoms with Gasteiger partial charge in [-0.15, -0.1) is 0 Å². The first-order chi connectivity index (χ1) is 7.27. The average Bonchev–Trinajstić information content (AvgIpc) is 2.29. The van der Waals surface area contributed by atoms with E-state index in [4.69, 9.17) is 5.84 Å². The molecule has 0 saturated carbocycles. The lowest BCUT2D eigenvalue weighted by Crippen LogP contribution is -2.43. The quantitative estimate of drug-likeness (QED) is 0.317. The third-order valence-corrected chi connectivity index (χ3v) is 2.19. The van der Waals surface area contributed by atoms with Crippen molar-refractivity contribution in [3.8, 4) is 0 Å². The number of nitrogens with one attached hydrogen (secondary N) is 1. The van der Waals surface area contributed by atoms with Crippen LogP contribution in [0, 0.1) is 0 Å². The second kappa shape index (κ2) is 5.98. The Labute approximate surface area is 90.0 Å². The van der Waals surface area contributed by atoms with Gasteiger partial charge in [-0.05, 0) is 24.1 Å². The highest BCUT2D eigenvalue weighted by Gasteiger charge is 2.03. The van der Waals surface area contributed by atoms with Crippen molar-refractivity contribution in [3.05, 3.63) is 30.1 Å². The highest BCUT2D eigenvalue weighted by Crippen LogP contribution is 1.98. The minimum atomic E-state index is 0.684. The lowest BCUT2D eigenvalue weighted by molar-refractivity contribution is 0.487. The molecule has 1 rings (SSSR count). The van der Waals surface area contributed by atoms with Gasteiger partial charge in [0.15, 0.2) is 0 Å². The zero-order chi connectivity index (χ0) is 11.1. The van der Waals surface area contributed by atoms with Crippen molar-refractivity contribution in [2.75, 3.05) is 20.6 Å². The normalized spacial score (nSPS) is 11.3. The molecule has 5 heteroatoms. The molecule has 1 heterocycles. The highest BCUT2D eigenvalue weighted by molar-refractivity contribution is 5.78. The summed E-state index contributed by atoms with van der Waals surface area (Å²) < 4.78 is 0. The zero-order valence-electron chi connectivity index (χ0n) is 9.14. The summed E-state index contributed by atoms with van der Waals surface area (Å²) in [5, 5.41) is 0. The van der Waals surface area contributed by atoms with E-state index < -0.39 is 0 Å². The van der Waals surface area contributed by atoms with Crippen LogP contribution < -0.4 is 11.3 Å². The van der Waals surface area contributed by atoms with E-state index in [2.05, 4.69) is 15.4 Å². The Morgan fingerprint density at radius 2 is 2.20 bits per heavy atom. The number of likely N-dealkylation sites (N-methyl/N-ethyl adjacent to an activating group) is 1. The summed E-state index contributed by atoms with van der Waals surface area (Å²) in [5.41, 5.74) is 3.81. The predicted octanol–water partition coefficient (Wildman–Crippen LogP) is 0.00500. The van der Waals surface area contributed by atoms with Crippen LogP contribution in [0.15, 0.2) is 29.5 Å². The van der Waals surface area contributed by atoms with Gasteiger partial charge in [-0.25, -0.2) is 5.84 Å². The Bertz CT molecular complexity index is 309. The van der Waals surface area contributed by atoms with Gasteiger partial charge >= 0.3 is 0 Å². The number of aromatic nitrogens is 1. The third-order valence-electron chi connectivity index (χ3n) is 2.19. The highest BCUT2D eigenvalue weighted by atomic mass is 15.4. The fraction of sp³-hybridized carbons (Fsp3) is 0.400. The van der Waals surface area contributed by atoms with Crippen LogP contribution in [0.4, 0.5) is 0 Å². The fourth-order valence-electron chi connectivity index (χ4n) is 1.30. The van der Waals surface area contributed by atoms with Crippen LogP contribution in [-0.4, -0.2) is 36.5 Å². The molecular formula is C10H17N5. The molecule has 0 spiro atoms. The van der Waals surface area contributed by atoms with E-state index in [-0.39, 0.29) is 0 Å². The Balaban J connectivity index is 2.44. The van der Waals surface area contributed by atoms with Gasteiger partial charge in [-0.3, -0.25) is 15.4 Å². The lowest BCUT2D eigenvalue weighted by atomic mass is 10.2. The standard InChI is InChI=1S/C10H17N5/c1-12-10(14-11)15(2)8-5-9-3-6-13-7-4-9/h3-4,6-7H,5,8,11H2,1-2H3,(H,12,14). The first kappa shape index (κ1) is 11.5.